The first-order chi connectivity index (χ1) is 6.19. The van der Waals surface area contributed by atoms with E-state index in [1.165, 1.54) is 25.3 Å². The minimum atomic E-state index is -0.504. The lowest BCUT2D eigenvalue weighted by molar-refractivity contribution is 0.0600. The Labute approximate surface area is 79.2 Å². The van der Waals surface area contributed by atoms with Crippen LogP contribution in [-0.2, 0) is 4.74 Å². The number of rotatable bonds is 2. The highest BCUT2D eigenvalue weighted by Crippen LogP contribution is 2.18. The summed E-state index contributed by atoms with van der Waals surface area (Å²) in [6.07, 6.45) is 0. The third kappa shape index (κ3) is 2.19. The number of benzene rings is 1. The molecule has 0 heterocycles. The van der Waals surface area contributed by atoms with Crippen molar-refractivity contribution in [3.05, 3.63) is 29.6 Å². The van der Waals surface area contributed by atoms with Gasteiger partial charge in [0.25, 0.3) is 0 Å². The molecule has 0 amide bonds. The van der Waals surface area contributed by atoms with Crippen molar-refractivity contribution in [3.8, 4) is 0 Å². The smallest absolute Gasteiger partial charge is 0.337 e. The summed E-state index contributed by atoms with van der Waals surface area (Å²) in [6, 6.07) is 3.88. The predicted molar refractivity (Wildman–Crippen MR) is 47.8 cm³/mol. The van der Waals surface area contributed by atoms with Crippen LogP contribution in [0.4, 0.5) is 4.39 Å². The topological polar surface area (TPSA) is 52.3 Å². The first-order valence-electron chi connectivity index (χ1n) is 3.43. The molecule has 0 unspecified atom stereocenters. The van der Waals surface area contributed by atoms with Crippen LogP contribution in [0, 0.1) is 5.82 Å². The highest BCUT2D eigenvalue weighted by atomic mass is 32.2. The van der Waals surface area contributed by atoms with Gasteiger partial charge in [0.05, 0.1) is 17.6 Å². The summed E-state index contributed by atoms with van der Waals surface area (Å²) in [5.41, 5.74) is 0.289. The maximum atomic E-state index is 12.9. The summed E-state index contributed by atoms with van der Waals surface area (Å²) in [6.45, 7) is 0. The van der Waals surface area contributed by atoms with Crippen LogP contribution in [0.2, 0.25) is 0 Å². The molecule has 1 rings (SSSR count). The molecule has 1 aromatic carbocycles. The fraction of sp³-hybridized carbons (Fsp3) is 0.125. The second kappa shape index (κ2) is 4.25. The molecule has 0 saturated carbocycles. The van der Waals surface area contributed by atoms with Gasteiger partial charge < -0.3 is 4.74 Å². The molecule has 0 aromatic heterocycles. The van der Waals surface area contributed by atoms with Crippen LogP contribution in [-0.4, -0.2) is 13.1 Å². The van der Waals surface area contributed by atoms with Crippen molar-refractivity contribution in [2.45, 2.75) is 4.90 Å². The average molecular weight is 201 g/mol. The maximum absolute atomic E-state index is 12.9. The van der Waals surface area contributed by atoms with Crippen LogP contribution in [0.1, 0.15) is 10.4 Å². The van der Waals surface area contributed by atoms with Gasteiger partial charge in [-0.05, 0) is 30.1 Å². The van der Waals surface area contributed by atoms with Gasteiger partial charge >= 0.3 is 5.97 Å². The predicted octanol–water partition coefficient (Wildman–Crippen LogP) is 1.58. The Bertz CT molecular complexity index is 330. The minimum Gasteiger partial charge on any atom is -0.465 e. The molecule has 0 bridgehead atoms. The van der Waals surface area contributed by atoms with Crippen molar-refractivity contribution >= 4 is 17.9 Å². The van der Waals surface area contributed by atoms with Crippen molar-refractivity contribution in [3.63, 3.8) is 0 Å². The van der Waals surface area contributed by atoms with Crippen molar-refractivity contribution in [1.82, 2.24) is 0 Å². The third-order valence-electron chi connectivity index (χ3n) is 1.48. The quantitative estimate of drug-likeness (QED) is 0.583. The number of carbonyl (C=O) groups is 1. The van der Waals surface area contributed by atoms with Gasteiger partial charge in [0.1, 0.15) is 5.82 Å². The summed E-state index contributed by atoms with van der Waals surface area (Å²) < 4.78 is 17.3. The van der Waals surface area contributed by atoms with E-state index in [1.807, 2.05) is 0 Å². The molecule has 0 radical (unpaired) electrons. The number of ether oxygens (including phenoxy) is 1. The zero-order valence-corrected chi connectivity index (χ0v) is 7.73. The minimum absolute atomic E-state index is 0.225. The van der Waals surface area contributed by atoms with Crippen LogP contribution < -0.4 is 5.14 Å². The Hall–Kier alpha value is -1.07. The number of halogens is 1. The summed E-state index contributed by atoms with van der Waals surface area (Å²) >= 11 is 0.755. The summed E-state index contributed by atoms with van der Waals surface area (Å²) in [5, 5.41) is 5.19. The zero-order chi connectivity index (χ0) is 9.84. The lowest BCUT2D eigenvalue weighted by atomic mass is 10.2. The highest BCUT2D eigenvalue weighted by molar-refractivity contribution is 7.97. The second-order valence-electron chi connectivity index (χ2n) is 2.25. The number of esters is 1. The molecule has 0 fully saturated rings. The molecule has 0 saturated heterocycles. The van der Waals surface area contributed by atoms with Gasteiger partial charge in [-0.1, -0.05) is 0 Å². The van der Waals surface area contributed by atoms with E-state index < -0.39 is 11.8 Å². The van der Waals surface area contributed by atoms with Crippen LogP contribution in [0.3, 0.4) is 0 Å². The third-order valence-corrected chi connectivity index (χ3v) is 2.05. The summed E-state index contributed by atoms with van der Waals surface area (Å²) in [5.74, 6) is -0.949. The SMILES string of the molecule is COC(=O)c1ccc(F)c(SN)c1. The van der Waals surface area contributed by atoms with Gasteiger partial charge in [-0.3, -0.25) is 5.14 Å². The van der Waals surface area contributed by atoms with Crippen LogP contribution in [0.25, 0.3) is 0 Å². The maximum Gasteiger partial charge on any atom is 0.337 e. The molecule has 0 spiro atoms. The Kier molecular flexibility index (Phi) is 3.27. The fourth-order valence-corrected chi connectivity index (χ4v) is 1.21. The number of hydrogen-bond donors (Lipinski definition) is 1. The fourth-order valence-electron chi connectivity index (χ4n) is 0.838. The molecular weight excluding hydrogens is 193 g/mol. The Morgan fingerprint density at radius 1 is 1.62 bits per heavy atom. The van der Waals surface area contributed by atoms with Crippen molar-refractivity contribution in [2.24, 2.45) is 5.14 Å². The molecule has 1 aromatic rings. The molecule has 0 aliphatic carbocycles. The molecule has 0 aliphatic heterocycles. The van der Waals surface area contributed by atoms with Crippen molar-refractivity contribution < 1.29 is 13.9 Å². The molecule has 5 heteroatoms. The van der Waals surface area contributed by atoms with Gasteiger partial charge in [-0.15, -0.1) is 0 Å². The van der Waals surface area contributed by atoms with E-state index in [2.05, 4.69) is 4.74 Å². The van der Waals surface area contributed by atoms with Crippen LogP contribution in [0.5, 0.6) is 0 Å². The van der Waals surface area contributed by atoms with E-state index in [4.69, 9.17) is 5.14 Å². The van der Waals surface area contributed by atoms with Crippen molar-refractivity contribution in [1.29, 1.82) is 0 Å². The van der Waals surface area contributed by atoms with Crippen LogP contribution >= 0.6 is 11.9 Å². The molecule has 70 valence electrons. The van der Waals surface area contributed by atoms with E-state index in [0.717, 1.165) is 11.9 Å². The number of hydrogen-bond acceptors (Lipinski definition) is 4. The van der Waals surface area contributed by atoms with E-state index in [-0.39, 0.29) is 10.5 Å². The number of carbonyl (C=O) groups excluding carboxylic acids is 1. The Balaban J connectivity index is 3.06. The first kappa shape index (κ1) is 10.0. The van der Waals surface area contributed by atoms with E-state index in [1.54, 1.807) is 0 Å². The average Bonchev–Trinajstić information content (AvgIpc) is 2.17. The molecular formula is C8H8FNO2S. The first-order valence-corrected chi connectivity index (χ1v) is 4.31. The highest BCUT2D eigenvalue weighted by Gasteiger charge is 2.08. The van der Waals surface area contributed by atoms with Gasteiger partial charge in [-0.2, -0.15) is 0 Å². The van der Waals surface area contributed by atoms with Gasteiger partial charge in [0.2, 0.25) is 0 Å². The standard InChI is InChI=1S/C8H8FNO2S/c1-12-8(11)5-2-3-6(9)7(4-5)13-10/h2-4H,10H2,1H3. The van der Waals surface area contributed by atoms with E-state index in [0.29, 0.717) is 0 Å². The van der Waals surface area contributed by atoms with Gasteiger partial charge in [0.15, 0.2) is 0 Å². The summed E-state index contributed by atoms with van der Waals surface area (Å²) in [7, 11) is 1.26. The number of methoxy groups -OCH3 is 1. The van der Waals surface area contributed by atoms with E-state index in [9.17, 15) is 9.18 Å². The normalized spacial score (nSPS) is 9.77. The monoisotopic (exact) mass is 201 g/mol. The molecule has 3 nitrogen and oxygen atoms in total. The second-order valence-corrected chi connectivity index (χ2v) is 2.93. The Morgan fingerprint density at radius 2 is 2.31 bits per heavy atom. The van der Waals surface area contributed by atoms with Crippen LogP contribution in [0.15, 0.2) is 23.1 Å². The zero-order valence-electron chi connectivity index (χ0n) is 6.91. The molecule has 0 aliphatic rings. The molecule has 2 N–H and O–H groups in total. The van der Waals surface area contributed by atoms with Crippen molar-refractivity contribution in [2.75, 3.05) is 7.11 Å². The lowest BCUT2D eigenvalue weighted by Crippen LogP contribution is -2.02. The lowest BCUT2D eigenvalue weighted by Gasteiger charge is -2.01. The Morgan fingerprint density at radius 3 is 2.85 bits per heavy atom. The van der Waals surface area contributed by atoms with Gasteiger partial charge in [-0.25, -0.2) is 9.18 Å². The van der Waals surface area contributed by atoms with Gasteiger partial charge in [0, 0.05) is 0 Å². The molecule has 13 heavy (non-hydrogen) atoms. The van der Waals surface area contributed by atoms with E-state index >= 15 is 0 Å². The number of nitrogens with two attached hydrogens (primary N) is 1. The summed E-state index contributed by atoms with van der Waals surface area (Å²) in [4.78, 5) is 11.2. The largest absolute Gasteiger partial charge is 0.465 e. The molecule has 0 atom stereocenters.